The Kier molecular flexibility index (Phi) is 8.26. The molecule has 1 aromatic rings. The molecule has 3 saturated heterocycles. The van der Waals surface area contributed by atoms with E-state index >= 15 is 0 Å². The van der Waals surface area contributed by atoms with Crippen molar-refractivity contribution in [2.75, 3.05) is 31.2 Å². The smallest absolute Gasteiger partial charge is 0.312 e. The van der Waals surface area contributed by atoms with Crippen molar-refractivity contribution in [2.45, 2.75) is 55.7 Å². The molecule has 37 heavy (non-hydrogen) atoms. The van der Waals surface area contributed by atoms with Crippen LogP contribution in [0.4, 0.5) is 5.69 Å². The maximum absolute atomic E-state index is 14.4. The third-order valence-electron chi connectivity index (χ3n) is 7.65. The highest BCUT2D eigenvalue weighted by atomic mass is 79.9. The van der Waals surface area contributed by atoms with Gasteiger partial charge in [-0.05, 0) is 50.3 Å². The average molecular weight is 576 g/mol. The summed E-state index contributed by atoms with van der Waals surface area (Å²) in [4.78, 5) is 44.5. The third-order valence-corrected chi connectivity index (χ3v) is 8.50. The van der Waals surface area contributed by atoms with Gasteiger partial charge in [0.05, 0.1) is 24.5 Å². The first-order chi connectivity index (χ1) is 17.7. The van der Waals surface area contributed by atoms with Crippen LogP contribution in [-0.4, -0.2) is 76.7 Å². The summed E-state index contributed by atoms with van der Waals surface area (Å²) in [5.41, 5.74) is 1.48. The van der Waals surface area contributed by atoms with Crippen molar-refractivity contribution >= 4 is 39.4 Å². The number of amides is 2. The maximum Gasteiger partial charge on any atom is 0.312 e. The van der Waals surface area contributed by atoms with E-state index in [0.717, 1.165) is 16.8 Å². The van der Waals surface area contributed by atoms with Crippen molar-refractivity contribution in [2.24, 2.45) is 11.8 Å². The molecule has 1 N–H and O–H groups in total. The summed E-state index contributed by atoms with van der Waals surface area (Å²) in [7, 11) is 0. The topological polar surface area (TPSA) is 96.4 Å². The van der Waals surface area contributed by atoms with Crippen LogP contribution in [0.25, 0.3) is 0 Å². The van der Waals surface area contributed by atoms with E-state index in [0.29, 0.717) is 19.3 Å². The zero-order chi connectivity index (χ0) is 26.9. The Morgan fingerprint density at radius 1 is 1.32 bits per heavy atom. The number of hydrogen-bond acceptors (Lipinski definition) is 6. The number of aryl methyl sites for hydroxylation is 2. The van der Waals surface area contributed by atoms with Crippen LogP contribution < -0.4 is 4.90 Å². The Bertz CT molecular complexity index is 1090. The summed E-state index contributed by atoms with van der Waals surface area (Å²) >= 11 is 3.66. The summed E-state index contributed by atoms with van der Waals surface area (Å²) < 4.78 is 12.0. The summed E-state index contributed by atoms with van der Waals surface area (Å²) in [5.74, 6) is -2.75. The predicted octanol–water partition coefficient (Wildman–Crippen LogP) is 3.07. The molecule has 3 heterocycles. The lowest BCUT2D eigenvalue weighted by Gasteiger charge is -2.37. The minimum Gasteiger partial charge on any atom is -0.465 e. The molecular weight excluding hydrogens is 540 g/mol. The van der Waals surface area contributed by atoms with Crippen LogP contribution in [0.3, 0.4) is 0 Å². The number of carbonyl (C=O) groups excluding carboxylic acids is 3. The molecule has 200 valence electrons. The number of ether oxygens (including phenoxy) is 2. The average Bonchev–Trinajstić information content (AvgIpc) is 3.46. The van der Waals surface area contributed by atoms with Crippen molar-refractivity contribution in [3.63, 3.8) is 0 Å². The number of esters is 1. The van der Waals surface area contributed by atoms with Crippen molar-refractivity contribution in [3.8, 4) is 0 Å². The molecule has 0 aliphatic carbocycles. The summed E-state index contributed by atoms with van der Waals surface area (Å²) in [6.45, 7) is 11.9. The first-order valence-corrected chi connectivity index (χ1v) is 13.6. The molecule has 1 aromatic carbocycles. The molecule has 4 rings (SSSR count). The molecule has 0 aromatic heterocycles. The number of likely N-dealkylation sites (tertiary alicyclic amines) is 1. The normalized spacial score (nSPS) is 29.8. The highest BCUT2D eigenvalue weighted by Crippen LogP contribution is 2.60. The summed E-state index contributed by atoms with van der Waals surface area (Å²) in [5, 5.41) is 9.54. The molecule has 9 heteroatoms. The van der Waals surface area contributed by atoms with Crippen molar-refractivity contribution in [1.29, 1.82) is 0 Å². The Labute approximate surface area is 226 Å². The quantitative estimate of drug-likeness (QED) is 0.189. The number of fused-ring (bicyclic) bond motifs is 1. The van der Waals surface area contributed by atoms with Crippen LogP contribution in [0.1, 0.15) is 30.4 Å². The van der Waals surface area contributed by atoms with Crippen LogP contribution in [-0.2, 0) is 23.9 Å². The Hall–Kier alpha value is -2.49. The number of alkyl halides is 1. The minimum absolute atomic E-state index is 0.132. The van der Waals surface area contributed by atoms with Gasteiger partial charge in [0, 0.05) is 30.2 Å². The van der Waals surface area contributed by atoms with Gasteiger partial charge < -0.3 is 24.4 Å². The van der Waals surface area contributed by atoms with Gasteiger partial charge in [-0.2, -0.15) is 0 Å². The van der Waals surface area contributed by atoms with E-state index < -0.39 is 35.6 Å². The summed E-state index contributed by atoms with van der Waals surface area (Å²) in [6.07, 6.45) is 3.96. The van der Waals surface area contributed by atoms with E-state index in [-0.39, 0.29) is 42.9 Å². The van der Waals surface area contributed by atoms with Gasteiger partial charge in [0.2, 0.25) is 5.91 Å². The summed E-state index contributed by atoms with van der Waals surface area (Å²) in [6, 6.07) is 4.93. The van der Waals surface area contributed by atoms with E-state index in [1.54, 1.807) is 17.1 Å². The van der Waals surface area contributed by atoms with Gasteiger partial charge in [0.15, 0.2) is 0 Å². The van der Waals surface area contributed by atoms with E-state index in [1.165, 1.54) is 4.90 Å². The minimum atomic E-state index is -1.18. The zero-order valence-corrected chi connectivity index (χ0v) is 23.0. The number of carbonyl (C=O) groups is 3. The van der Waals surface area contributed by atoms with Crippen LogP contribution in [0, 0.1) is 25.7 Å². The number of anilines is 1. The molecule has 3 fully saturated rings. The van der Waals surface area contributed by atoms with Crippen LogP contribution in [0.5, 0.6) is 0 Å². The van der Waals surface area contributed by atoms with Crippen LogP contribution in [0.15, 0.2) is 43.5 Å². The van der Waals surface area contributed by atoms with Crippen molar-refractivity contribution in [3.05, 3.63) is 54.6 Å². The standard InChI is InChI=1S/C28H35BrN2O6/c1-5-7-14-36-27(35)21-22-25(33)31(12-8-13-32)24(28(22)16-19(29)23(21)37-28)26(34)30(11-6-2)20-15-17(3)9-10-18(20)4/h5-6,9-10,15,19,21-24,32H,1-2,7-8,11-14,16H2,3-4H3/t19?,21-,22+,23-,24?,28?/m1/s1. The van der Waals surface area contributed by atoms with Crippen molar-refractivity contribution in [1.82, 2.24) is 4.90 Å². The molecule has 0 radical (unpaired) electrons. The van der Waals surface area contributed by atoms with Gasteiger partial charge in [0.25, 0.3) is 5.91 Å². The maximum atomic E-state index is 14.4. The molecule has 3 aliphatic heterocycles. The number of hydrogen-bond donors (Lipinski definition) is 1. The van der Waals surface area contributed by atoms with Gasteiger partial charge in [-0.25, -0.2) is 0 Å². The number of benzene rings is 1. The number of halogens is 1. The molecular formula is C28H35BrN2O6. The van der Waals surface area contributed by atoms with Crippen molar-refractivity contribution < 1.29 is 29.0 Å². The Morgan fingerprint density at radius 2 is 2.08 bits per heavy atom. The van der Waals surface area contributed by atoms with Gasteiger partial charge in [-0.3, -0.25) is 14.4 Å². The fourth-order valence-corrected chi connectivity index (χ4v) is 7.04. The lowest BCUT2D eigenvalue weighted by atomic mass is 9.70. The monoisotopic (exact) mass is 574 g/mol. The predicted molar refractivity (Wildman–Crippen MR) is 143 cm³/mol. The molecule has 2 bridgehead atoms. The lowest BCUT2D eigenvalue weighted by molar-refractivity contribution is -0.154. The Morgan fingerprint density at radius 3 is 2.76 bits per heavy atom. The highest BCUT2D eigenvalue weighted by molar-refractivity contribution is 9.09. The van der Waals surface area contributed by atoms with E-state index in [9.17, 15) is 19.5 Å². The fourth-order valence-electron chi connectivity index (χ4n) is 6.09. The van der Waals surface area contributed by atoms with Gasteiger partial charge in [0.1, 0.15) is 11.6 Å². The first-order valence-electron chi connectivity index (χ1n) is 12.7. The molecule has 2 amide bonds. The van der Waals surface area contributed by atoms with E-state index in [1.807, 2.05) is 32.0 Å². The second-order valence-electron chi connectivity index (χ2n) is 10.0. The van der Waals surface area contributed by atoms with Crippen LogP contribution in [0.2, 0.25) is 0 Å². The van der Waals surface area contributed by atoms with E-state index in [2.05, 4.69) is 29.1 Å². The second kappa shape index (κ2) is 11.1. The van der Waals surface area contributed by atoms with Gasteiger partial charge in [-0.15, -0.1) is 13.2 Å². The molecule has 3 aliphatic rings. The molecule has 3 unspecified atom stereocenters. The SMILES string of the molecule is C=CCCOC(=O)[C@H]1[C@@H]2OC3(CC2Br)C(C(=O)N(CC=C)c2cc(C)ccc2C)N(CCCO)C(=O)[C@H]13. The lowest BCUT2D eigenvalue weighted by Crippen LogP contribution is -2.57. The van der Waals surface area contributed by atoms with Crippen LogP contribution >= 0.6 is 15.9 Å². The van der Waals surface area contributed by atoms with E-state index in [4.69, 9.17) is 9.47 Å². The fraction of sp³-hybridized carbons (Fsp3) is 0.536. The van der Waals surface area contributed by atoms with Gasteiger partial charge >= 0.3 is 5.97 Å². The van der Waals surface area contributed by atoms with Gasteiger partial charge in [-0.1, -0.05) is 40.2 Å². The molecule has 0 saturated carbocycles. The molecule has 1 spiro atoms. The number of rotatable bonds is 11. The Balaban J connectivity index is 1.77. The number of nitrogens with zero attached hydrogens (tertiary/aromatic N) is 2. The molecule has 8 nitrogen and oxygen atoms in total. The molecule has 6 atom stereocenters. The number of aliphatic hydroxyl groups excluding tert-OH is 1. The highest BCUT2D eigenvalue weighted by Gasteiger charge is 2.77. The largest absolute Gasteiger partial charge is 0.465 e. The first kappa shape index (κ1) is 27.5. The zero-order valence-electron chi connectivity index (χ0n) is 21.4. The second-order valence-corrected chi connectivity index (χ2v) is 11.2. The third kappa shape index (κ3) is 4.66. The number of aliphatic hydroxyl groups is 1.